The van der Waals surface area contributed by atoms with Crippen LogP contribution in [0, 0.1) is 5.92 Å². The lowest BCUT2D eigenvalue weighted by Crippen LogP contribution is -2.46. The van der Waals surface area contributed by atoms with E-state index >= 15 is 0 Å². The maximum absolute atomic E-state index is 13.3. The molecule has 1 aromatic carbocycles. The number of nitrogens with zero attached hydrogens (tertiary/aromatic N) is 1. The first-order valence-corrected chi connectivity index (χ1v) is 8.70. The van der Waals surface area contributed by atoms with E-state index in [4.69, 9.17) is 4.74 Å². The van der Waals surface area contributed by atoms with Gasteiger partial charge >= 0.3 is 6.18 Å². The largest absolute Gasteiger partial charge is 0.497 e. The first-order chi connectivity index (χ1) is 11.5. The number of methoxy groups -OCH3 is 1. The van der Waals surface area contributed by atoms with Crippen LogP contribution in [0.1, 0.15) is 42.9 Å². The summed E-state index contributed by atoms with van der Waals surface area (Å²) in [5.74, 6) is 0.717. The van der Waals surface area contributed by atoms with E-state index in [-0.39, 0.29) is 11.8 Å². The van der Waals surface area contributed by atoms with Crippen molar-refractivity contribution in [3.63, 3.8) is 0 Å². The molecule has 3 rings (SSSR count). The molecule has 24 heavy (non-hydrogen) atoms. The van der Waals surface area contributed by atoms with E-state index < -0.39 is 11.7 Å². The number of alkyl halides is 3. The Kier molecular flexibility index (Phi) is 5.35. The third-order valence-corrected chi connectivity index (χ3v) is 5.22. The molecule has 1 atom stereocenters. The van der Waals surface area contributed by atoms with Crippen molar-refractivity contribution in [2.45, 2.75) is 37.9 Å². The van der Waals surface area contributed by atoms with Gasteiger partial charge in [-0.2, -0.15) is 13.2 Å². The molecule has 2 fully saturated rings. The maximum Gasteiger partial charge on any atom is 0.416 e. The molecule has 1 aromatic rings. The molecule has 1 N–H and O–H groups in total. The van der Waals surface area contributed by atoms with Gasteiger partial charge in [-0.05, 0) is 42.5 Å². The summed E-state index contributed by atoms with van der Waals surface area (Å²) in [5.41, 5.74) is 0.130. The molecule has 6 heteroatoms. The Hall–Kier alpha value is -1.27. The Labute approximate surface area is 141 Å². The van der Waals surface area contributed by atoms with Gasteiger partial charge in [0.2, 0.25) is 0 Å². The summed E-state index contributed by atoms with van der Waals surface area (Å²) in [6.07, 6.45) is 0.167. The summed E-state index contributed by atoms with van der Waals surface area (Å²) >= 11 is 0. The van der Waals surface area contributed by atoms with E-state index in [2.05, 4.69) is 10.2 Å². The van der Waals surface area contributed by atoms with Crippen LogP contribution >= 0.6 is 0 Å². The molecule has 1 heterocycles. The highest BCUT2D eigenvalue weighted by molar-refractivity contribution is 5.38. The molecule has 0 unspecified atom stereocenters. The fourth-order valence-electron chi connectivity index (χ4n) is 4.09. The van der Waals surface area contributed by atoms with Gasteiger partial charge in [0.05, 0.1) is 12.7 Å². The van der Waals surface area contributed by atoms with Gasteiger partial charge in [0.25, 0.3) is 0 Å². The molecule has 3 nitrogen and oxygen atoms in total. The van der Waals surface area contributed by atoms with Gasteiger partial charge in [-0.25, -0.2) is 0 Å². The molecule has 1 saturated heterocycles. The smallest absolute Gasteiger partial charge is 0.416 e. The first-order valence-electron chi connectivity index (χ1n) is 8.70. The SMILES string of the molecule is COc1cc([C@@H](C2CCCC2)N2CCNCC2)cc(C(F)(F)F)c1. The molecular formula is C18H25F3N2O. The molecule has 134 valence electrons. The average molecular weight is 342 g/mol. The number of piperazine rings is 1. The van der Waals surface area contributed by atoms with Crippen molar-refractivity contribution in [3.05, 3.63) is 29.3 Å². The number of benzene rings is 1. The van der Waals surface area contributed by atoms with Gasteiger partial charge in [0, 0.05) is 32.2 Å². The van der Waals surface area contributed by atoms with Crippen LogP contribution in [-0.4, -0.2) is 38.2 Å². The highest BCUT2D eigenvalue weighted by atomic mass is 19.4. The summed E-state index contributed by atoms with van der Waals surface area (Å²) in [6.45, 7) is 3.53. The van der Waals surface area contributed by atoms with E-state index in [1.807, 2.05) is 0 Å². The van der Waals surface area contributed by atoms with Crippen molar-refractivity contribution in [2.24, 2.45) is 5.92 Å². The van der Waals surface area contributed by atoms with Crippen molar-refractivity contribution in [2.75, 3.05) is 33.3 Å². The van der Waals surface area contributed by atoms with Crippen LogP contribution in [0.25, 0.3) is 0 Å². The second kappa shape index (κ2) is 7.31. The Morgan fingerprint density at radius 3 is 2.38 bits per heavy atom. The van der Waals surface area contributed by atoms with Gasteiger partial charge in [-0.3, -0.25) is 4.90 Å². The molecule has 0 bridgehead atoms. The zero-order valence-corrected chi connectivity index (χ0v) is 14.0. The fourth-order valence-corrected chi connectivity index (χ4v) is 4.09. The number of rotatable bonds is 4. The highest BCUT2D eigenvalue weighted by Gasteiger charge is 2.36. The van der Waals surface area contributed by atoms with Crippen LogP contribution < -0.4 is 10.1 Å². The lowest BCUT2D eigenvalue weighted by atomic mass is 9.88. The van der Waals surface area contributed by atoms with E-state index in [9.17, 15) is 13.2 Å². The molecule has 2 aliphatic rings. The normalized spacial score (nSPS) is 21.8. The third-order valence-electron chi connectivity index (χ3n) is 5.22. The van der Waals surface area contributed by atoms with E-state index in [0.717, 1.165) is 50.7 Å². The Morgan fingerprint density at radius 1 is 1.12 bits per heavy atom. The average Bonchev–Trinajstić information content (AvgIpc) is 3.09. The predicted molar refractivity (Wildman–Crippen MR) is 87.1 cm³/mol. The van der Waals surface area contributed by atoms with Crippen LogP contribution in [-0.2, 0) is 6.18 Å². The second-order valence-electron chi connectivity index (χ2n) is 6.77. The molecule has 0 spiro atoms. The summed E-state index contributed by atoms with van der Waals surface area (Å²) < 4.78 is 45.0. The minimum absolute atomic E-state index is 0.0470. The number of halogens is 3. The summed E-state index contributed by atoms with van der Waals surface area (Å²) in [4.78, 5) is 2.35. The Bertz CT molecular complexity index is 550. The Balaban J connectivity index is 1.99. The van der Waals surface area contributed by atoms with E-state index in [0.29, 0.717) is 5.92 Å². The van der Waals surface area contributed by atoms with Crippen molar-refractivity contribution < 1.29 is 17.9 Å². The van der Waals surface area contributed by atoms with Crippen molar-refractivity contribution in [1.82, 2.24) is 10.2 Å². The van der Waals surface area contributed by atoms with Crippen molar-refractivity contribution in [3.8, 4) is 5.75 Å². The molecule has 0 aromatic heterocycles. The monoisotopic (exact) mass is 342 g/mol. The third kappa shape index (κ3) is 3.86. The fraction of sp³-hybridized carbons (Fsp3) is 0.667. The molecule has 1 aliphatic carbocycles. The molecule has 1 aliphatic heterocycles. The minimum atomic E-state index is -4.35. The Morgan fingerprint density at radius 2 is 1.79 bits per heavy atom. The zero-order valence-electron chi connectivity index (χ0n) is 14.0. The summed E-state index contributed by atoms with van der Waals surface area (Å²) in [6, 6.07) is 4.26. The lowest BCUT2D eigenvalue weighted by molar-refractivity contribution is -0.137. The molecular weight excluding hydrogens is 317 g/mol. The maximum atomic E-state index is 13.3. The van der Waals surface area contributed by atoms with Gasteiger partial charge in [-0.15, -0.1) is 0 Å². The van der Waals surface area contributed by atoms with Crippen LogP contribution in [0.2, 0.25) is 0 Å². The number of hydrogen-bond acceptors (Lipinski definition) is 3. The van der Waals surface area contributed by atoms with Crippen LogP contribution in [0.5, 0.6) is 5.75 Å². The molecule has 0 radical (unpaired) electrons. The lowest BCUT2D eigenvalue weighted by Gasteiger charge is -2.39. The standard InChI is InChI=1S/C18H25F3N2O/c1-24-16-11-14(10-15(12-16)18(19,20)21)17(13-4-2-3-5-13)23-8-6-22-7-9-23/h10-13,17,22H,2-9H2,1H3/t17-/m1/s1. The van der Waals surface area contributed by atoms with Crippen LogP contribution in [0.3, 0.4) is 0 Å². The van der Waals surface area contributed by atoms with Crippen molar-refractivity contribution in [1.29, 1.82) is 0 Å². The number of hydrogen-bond donors (Lipinski definition) is 1. The van der Waals surface area contributed by atoms with Crippen LogP contribution in [0.4, 0.5) is 13.2 Å². The van der Waals surface area contributed by atoms with E-state index in [1.54, 1.807) is 6.07 Å². The van der Waals surface area contributed by atoms with Gasteiger partial charge in [0.15, 0.2) is 0 Å². The van der Waals surface area contributed by atoms with Crippen molar-refractivity contribution >= 4 is 0 Å². The highest BCUT2D eigenvalue weighted by Crippen LogP contribution is 2.42. The van der Waals surface area contributed by atoms with Crippen LogP contribution in [0.15, 0.2) is 18.2 Å². The minimum Gasteiger partial charge on any atom is -0.497 e. The number of ether oxygens (including phenoxy) is 1. The topological polar surface area (TPSA) is 24.5 Å². The molecule has 1 saturated carbocycles. The predicted octanol–water partition coefficient (Wildman–Crippen LogP) is 3.85. The second-order valence-corrected chi connectivity index (χ2v) is 6.77. The van der Waals surface area contributed by atoms with Gasteiger partial charge < -0.3 is 10.1 Å². The molecule has 0 amide bonds. The summed E-state index contributed by atoms with van der Waals surface area (Å²) in [5, 5.41) is 3.32. The van der Waals surface area contributed by atoms with Gasteiger partial charge in [-0.1, -0.05) is 12.8 Å². The first kappa shape index (κ1) is 17.5. The zero-order chi connectivity index (χ0) is 17.2. The van der Waals surface area contributed by atoms with E-state index in [1.165, 1.54) is 26.0 Å². The quantitative estimate of drug-likeness (QED) is 0.899. The summed E-state index contributed by atoms with van der Waals surface area (Å²) in [7, 11) is 1.43. The number of nitrogens with one attached hydrogen (secondary N) is 1. The van der Waals surface area contributed by atoms with Gasteiger partial charge in [0.1, 0.15) is 5.75 Å².